The lowest BCUT2D eigenvalue weighted by atomic mass is 9.98. The van der Waals surface area contributed by atoms with E-state index in [-0.39, 0.29) is 5.82 Å². The Balaban J connectivity index is 1.86. The molecule has 6 heteroatoms. The number of nitrogens with zero attached hydrogens (tertiary/aromatic N) is 3. The summed E-state index contributed by atoms with van der Waals surface area (Å²) in [5.41, 5.74) is 4.95. The molecule has 3 heterocycles. The molecule has 0 aliphatic heterocycles. The first-order valence-electron chi connectivity index (χ1n) is 8.95. The van der Waals surface area contributed by atoms with Gasteiger partial charge < -0.3 is 4.74 Å². The Hall–Kier alpha value is -3.54. The third-order valence-electron chi connectivity index (χ3n) is 4.57. The highest BCUT2D eigenvalue weighted by Crippen LogP contribution is 2.32. The summed E-state index contributed by atoms with van der Waals surface area (Å²) in [5, 5.41) is 4.22. The number of rotatable bonds is 4. The van der Waals surface area contributed by atoms with Gasteiger partial charge in [-0.15, -0.1) is 0 Å². The standard InChI is InChI=1S/C22H18FN3O2/c1-3-28-22(27)18-13-25-26-10-8-15(12-20(18)26)17-5-4-9-24-21(17)16-6-7-19(23)14(2)11-16/h4-13H,3H2,1-2H3. The van der Waals surface area contributed by atoms with Gasteiger partial charge in [0.2, 0.25) is 0 Å². The van der Waals surface area contributed by atoms with Crippen LogP contribution in [0, 0.1) is 12.7 Å². The van der Waals surface area contributed by atoms with Crippen molar-refractivity contribution in [3.05, 3.63) is 78.0 Å². The number of hydrogen-bond acceptors (Lipinski definition) is 4. The molecule has 0 atom stereocenters. The number of carbonyl (C=O) groups is 1. The zero-order chi connectivity index (χ0) is 19.7. The van der Waals surface area contributed by atoms with Crippen molar-refractivity contribution >= 4 is 11.5 Å². The van der Waals surface area contributed by atoms with E-state index < -0.39 is 5.97 Å². The van der Waals surface area contributed by atoms with Gasteiger partial charge in [-0.25, -0.2) is 13.7 Å². The Kier molecular flexibility index (Phi) is 4.61. The first kappa shape index (κ1) is 17.9. The lowest BCUT2D eigenvalue weighted by Crippen LogP contribution is -2.04. The third-order valence-corrected chi connectivity index (χ3v) is 4.57. The SMILES string of the molecule is CCOC(=O)c1cnn2ccc(-c3cccnc3-c3ccc(F)c(C)c3)cc12. The minimum Gasteiger partial charge on any atom is -0.462 e. The Bertz CT molecular complexity index is 1180. The van der Waals surface area contributed by atoms with Crippen molar-refractivity contribution in [1.82, 2.24) is 14.6 Å². The molecule has 1 aromatic carbocycles. The van der Waals surface area contributed by atoms with Crippen LogP contribution in [0.4, 0.5) is 4.39 Å². The Morgan fingerprint density at radius 2 is 2.04 bits per heavy atom. The molecule has 140 valence electrons. The summed E-state index contributed by atoms with van der Waals surface area (Å²) in [7, 11) is 0. The summed E-state index contributed by atoms with van der Waals surface area (Å²) in [5.74, 6) is -0.656. The van der Waals surface area contributed by atoms with Crippen molar-refractivity contribution < 1.29 is 13.9 Å². The molecule has 0 unspecified atom stereocenters. The smallest absolute Gasteiger partial charge is 0.341 e. The average Bonchev–Trinajstić information content (AvgIpc) is 3.13. The molecule has 0 radical (unpaired) electrons. The molecular formula is C22H18FN3O2. The highest BCUT2D eigenvalue weighted by Gasteiger charge is 2.16. The zero-order valence-corrected chi connectivity index (χ0v) is 15.5. The van der Waals surface area contributed by atoms with Gasteiger partial charge in [-0.1, -0.05) is 6.07 Å². The van der Waals surface area contributed by atoms with Crippen LogP contribution in [0.5, 0.6) is 0 Å². The van der Waals surface area contributed by atoms with Crippen molar-refractivity contribution in [3.8, 4) is 22.4 Å². The predicted octanol–water partition coefficient (Wildman–Crippen LogP) is 4.69. The van der Waals surface area contributed by atoms with Gasteiger partial charge in [0.15, 0.2) is 0 Å². The molecule has 0 aliphatic carbocycles. The fourth-order valence-corrected chi connectivity index (χ4v) is 3.17. The van der Waals surface area contributed by atoms with E-state index in [9.17, 15) is 9.18 Å². The number of ether oxygens (including phenoxy) is 1. The van der Waals surface area contributed by atoms with E-state index in [1.165, 1.54) is 12.3 Å². The Morgan fingerprint density at radius 3 is 2.82 bits per heavy atom. The van der Waals surface area contributed by atoms with Crippen LogP contribution in [0.15, 0.2) is 61.1 Å². The van der Waals surface area contributed by atoms with Gasteiger partial charge in [0, 0.05) is 23.5 Å². The third kappa shape index (κ3) is 3.13. The zero-order valence-electron chi connectivity index (χ0n) is 15.5. The molecule has 0 N–H and O–H groups in total. The van der Waals surface area contributed by atoms with Crippen LogP contribution in [-0.4, -0.2) is 27.2 Å². The number of hydrogen-bond donors (Lipinski definition) is 0. The molecule has 28 heavy (non-hydrogen) atoms. The summed E-state index contributed by atoms with van der Waals surface area (Å²) in [6.07, 6.45) is 5.00. The normalized spacial score (nSPS) is 11.0. The molecule has 4 rings (SSSR count). The lowest BCUT2D eigenvalue weighted by Gasteiger charge is -2.10. The van der Waals surface area contributed by atoms with E-state index in [0.29, 0.717) is 23.3 Å². The van der Waals surface area contributed by atoms with Crippen LogP contribution >= 0.6 is 0 Å². The highest BCUT2D eigenvalue weighted by molar-refractivity contribution is 5.97. The maximum Gasteiger partial charge on any atom is 0.341 e. The van der Waals surface area contributed by atoms with Gasteiger partial charge in [-0.3, -0.25) is 4.98 Å². The number of fused-ring (bicyclic) bond motifs is 1. The van der Waals surface area contributed by atoms with Crippen molar-refractivity contribution in [3.63, 3.8) is 0 Å². The summed E-state index contributed by atoms with van der Waals surface area (Å²) >= 11 is 0. The summed E-state index contributed by atoms with van der Waals surface area (Å²) < 4.78 is 20.4. The second-order valence-electron chi connectivity index (χ2n) is 6.39. The number of esters is 1. The van der Waals surface area contributed by atoms with Gasteiger partial charge in [-0.2, -0.15) is 5.10 Å². The van der Waals surface area contributed by atoms with Crippen molar-refractivity contribution in [2.75, 3.05) is 6.61 Å². The first-order chi connectivity index (χ1) is 13.6. The van der Waals surface area contributed by atoms with Crippen LogP contribution in [0.1, 0.15) is 22.8 Å². The van der Waals surface area contributed by atoms with Gasteiger partial charge in [0.05, 0.1) is 24.0 Å². The molecule has 0 saturated heterocycles. The average molecular weight is 375 g/mol. The fraction of sp³-hybridized carbons (Fsp3) is 0.136. The van der Waals surface area contributed by atoms with Crippen molar-refractivity contribution in [1.29, 1.82) is 0 Å². The van der Waals surface area contributed by atoms with E-state index in [2.05, 4.69) is 10.1 Å². The predicted molar refractivity (Wildman–Crippen MR) is 105 cm³/mol. The lowest BCUT2D eigenvalue weighted by molar-refractivity contribution is 0.0528. The number of benzene rings is 1. The van der Waals surface area contributed by atoms with E-state index in [0.717, 1.165) is 22.4 Å². The molecule has 4 aromatic rings. The van der Waals surface area contributed by atoms with Crippen LogP contribution in [0.25, 0.3) is 27.9 Å². The van der Waals surface area contributed by atoms with Crippen molar-refractivity contribution in [2.24, 2.45) is 0 Å². The molecule has 0 aliphatic rings. The van der Waals surface area contributed by atoms with Crippen molar-refractivity contribution in [2.45, 2.75) is 13.8 Å². The minimum absolute atomic E-state index is 0.249. The first-order valence-corrected chi connectivity index (χ1v) is 8.95. The summed E-state index contributed by atoms with van der Waals surface area (Å²) in [6, 6.07) is 12.5. The molecule has 0 fully saturated rings. The Morgan fingerprint density at radius 1 is 1.18 bits per heavy atom. The Labute approximate surface area is 161 Å². The molecule has 0 saturated carbocycles. The van der Waals surface area contributed by atoms with Crippen LogP contribution in [0.2, 0.25) is 0 Å². The van der Waals surface area contributed by atoms with E-state index >= 15 is 0 Å². The number of aromatic nitrogens is 3. The summed E-state index contributed by atoms with van der Waals surface area (Å²) in [4.78, 5) is 16.7. The highest BCUT2D eigenvalue weighted by atomic mass is 19.1. The molecule has 0 spiro atoms. The quantitative estimate of drug-likeness (QED) is 0.486. The van der Waals surface area contributed by atoms with Gasteiger partial charge in [-0.05, 0) is 61.4 Å². The minimum atomic E-state index is -0.407. The largest absolute Gasteiger partial charge is 0.462 e. The van der Waals surface area contributed by atoms with Crippen LogP contribution < -0.4 is 0 Å². The van der Waals surface area contributed by atoms with Gasteiger partial charge >= 0.3 is 5.97 Å². The summed E-state index contributed by atoms with van der Waals surface area (Å²) in [6.45, 7) is 3.79. The molecule has 5 nitrogen and oxygen atoms in total. The fourth-order valence-electron chi connectivity index (χ4n) is 3.17. The molecular weight excluding hydrogens is 357 g/mol. The van der Waals surface area contributed by atoms with Gasteiger partial charge in [0.25, 0.3) is 0 Å². The van der Waals surface area contributed by atoms with Crippen LogP contribution in [0.3, 0.4) is 0 Å². The molecule has 3 aromatic heterocycles. The second kappa shape index (κ2) is 7.23. The maximum atomic E-state index is 13.7. The topological polar surface area (TPSA) is 56.5 Å². The molecule has 0 bridgehead atoms. The van der Waals surface area contributed by atoms with Gasteiger partial charge in [0.1, 0.15) is 11.4 Å². The van der Waals surface area contributed by atoms with E-state index in [1.54, 1.807) is 42.9 Å². The number of carbonyl (C=O) groups excluding carboxylic acids is 1. The maximum absolute atomic E-state index is 13.7. The number of aryl methyl sites for hydroxylation is 1. The second-order valence-corrected chi connectivity index (χ2v) is 6.39. The number of pyridine rings is 2. The monoisotopic (exact) mass is 375 g/mol. The van der Waals surface area contributed by atoms with E-state index in [4.69, 9.17) is 4.74 Å². The number of halogens is 1. The molecule has 0 amide bonds. The van der Waals surface area contributed by atoms with E-state index in [1.807, 2.05) is 24.3 Å². The van der Waals surface area contributed by atoms with Crippen LogP contribution in [-0.2, 0) is 4.74 Å².